The van der Waals surface area contributed by atoms with Crippen LogP contribution in [0.2, 0.25) is 5.02 Å². The standard InChI is InChI=1S/C19H22ClN3O2/c1-3-23-10-12-6-4-5-7-13(12)17(11-23)22-19(24)14-8-15(20)16(21)9-18(14)25-2/h4-9,17H,3,10-11,21H2,1-2H3,(H,22,24). The minimum atomic E-state index is -0.225. The minimum absolute atomic E-state index is 0.0848. The van der Waals surface area contributed by atoms with Gasteiger partial charge in [-0.25, -0.2) is 0 Å². The summed E-state index contributed by atoms with van der Waals surface area (Å²) < 4.78 is 5.29. The molecule has 2 aromatic carbocycles. The zero-order chi connectivity index (χ0) is 18.0. The van der Waals surface area contributed by atoms with Gasteiger partial charge < -0.3 is 15.8 Å². The van der Waals surface area contributed by atoms with E-state index in [2.05, 4.69) is 29.3 Å². The number of carbonyl (C=O) groups is 1. The van der Waals surface area contributed by atoms with Crippen molar-refractivity contribution >= 4 is 23.2 Å². The fourth-order valence-corrected chi connectivity index (χ4v) is 3.36. The lowest BCUT2D eigenvalue weighted by atomic mass is 9.95. The highest BCUT2D eigenvalue weighted by Gasteiger charge is 2.27. The SMILES string of the molecule is CCN1Cc2ccccc2C(NC(=O)c2cc(Cl)c(N)cc2OC)C1. The molecule has 1 amide bonds. The third-order valence-corrected chi connectivity index (χ3v) is 4.91. The van der Waals surface area contributed by atoms with Gasteiger partial charge in [0.1, 0.15) is 5.75 Å². The third-order valence-electron chi connectivity index (χ3n) is 4.58. The molecule has 0 aromatic heterocycles. The Balaban J connectivity index is 1.89. The molecule has 0 saturated heterocycles. The Kier molecular flexibility index (Phi) is 5.16. The maximum atomic E-state index is 12.9. The van der Waals surface area contributed by atoms with Gasteiger partial charge in [-0.1, -0.05) is 42.8 Å². The van der Waals surface area contributed by atoms with E-state index in [1.165, 1.54) is 12.7 Å². The second-order valence-corrected chi connectivity index (χ2v) is 6.53. The molecule has 0 aliphatic carbocycles. The van der Waals surface area contributed by atoms with E-state index < -0.39 is 0 Å². The van der Waals surface area contributed by atoms with Crippen LogP contribution in [0.1, 0.15) is 34.5 Å². The normalized spacial score (nSPS) is 17.0. The summed E-state index contributed by atoms with van der Waals surface area (Å²) in [6, 6.07) is 11.2. The largest absolute Gasteiger partial charge is 0.496 e. The number of ether oxygens (including phenoxy) is 1. The van der Waals surface area contributed by atoms with Crippen LogP contribution in [0.15, 0.2) is 36.4 Å². The molecule has 1 aliphatic heterocycles. The van der Waals surface area contributed by atoms with E-state index in [9.17, 15) is 4.79 Å². The molecule has 3 rings (SSSR count). The number of halogens is 1. The first-order valence-electron chi connectivity index (χ1n) is 8.27. The zero-order valence-electron chi connectivity index (χ0n) is 14.4. The summed E-state index contributed by atoms with van der Waals surface area (Å²) in [5.74, 6) is 0.187. The maximum Gasteiger partial charge on any atom is 0.255 e. The predicted molar refractivity (Wildman–Crippen MR) is 100 cm³/mol. The second kappa shape index (κ2) is 7.33. The molecule has 0 fully saturated rings. The van der Waals surface area contributed by atoms with Crippen LogP contribution in [0.3, 0.4) is 0 Å². The van der Waals surface area contributed by atoms with Crippen LogP contribution in [-0.2, 0) is 6.54 Å². The van der Waals surface area contributed by atoms with Crippen LogP contribution in [-0.4, -0.2) is 31.0 Å². The molecule has 6 heteroatoms. The molecule has 2 aromatic rings. The van der Waals surface area contributed by atoms with Gasteiger partial charge in [0, 0.05) is 19.2 Å². The van der Waals surface area contributed by atoms with E-state index in [4.69, 9.17) is 22.1 Å². The molecule has 3 N–H and O–H groups in total. The molecule has 1 aliphatic rings. The summed E-state index contributed by atoms with van der Waals surface area (Å²) in [5.41, 5.74) is 8.96. The van der Waals surface area contributed by atoms with Crippen LogP contribution in [0.25, 0.3) is 0 Å². The summed E-state index contributed by atoms with van der Waals surface area (Å²) in [6.45, 7) is 4.72. The highest BCUT2D eigenvalue weighted by atomic mass is 35.5. The smallest absolute Gasteiger partial charge is 0.255 e. The van der Waals surface area contributed by atoms with E-state index in [0.29, 0.717) is 22.0 Å². The number of rotatable bonds is 4. The topological polar surface area (TPSA) is 67.6 Å². The highest BCUT2D eigenvalue weighted by molar-refractivity contribution is 6.33. The number of amides is 1. The molecule has 1 heterocycles. The summed E-state index contributed by atoms with van der Waals surface area (Å²) in [7, 11) is 1.51. The number of carbonyl (C=O) groups excluding carboxylic acids is 1. The number of nitrogens with zero attached hydrogens (tertiary/aromatic N) is 1. The molecule has 0 saturated carbocycles. The predicted octanol–water partition coefficient (Wildman–Crippen LogP) is 3.24. The number of anilines is 1. The Morgan fingerprint density at radius 2 is 2.16 bits per heavy atom. The minimum Gasteiger partial charge on any atom is -0.496 e. The molecule has 0 bridgehead atoms. The summed E-state index contributed by atoms with van der Waals surface area (Å²) in [6.07, 6.45) is 0. The van der Waals surface area contributed by atoms with Crippen LogP contribution in [0.5, 0.6) is 5.75 Å². The number of benzene rings is 2. The number of hydrogen-bond donors (Lipinski definition) is 2. The summed E-state index contributed by atoms with van der Waals surface area (Å²) >= 11 is 6.09. The average molecular weight is 360 g/mol. The summed E-state index contributed by atoms with van der Waals surface area (Å²) in [5, 5.41) is 3.46. The monoisotopic (exact) mass is 359 g/mol. The number of nitrogen functional groups attached to an aromatic ring is 1. The van der Waals surface area contributed by atoms with Crippen LogP contribution in [0, 0.1) is 0 Å². The Bertz CT molecular complexity index is 794. The molecular formula is C19H22ClN3O2. The van der Waals surface area contributed by atoms with Crippen molar-refractivity contribution in [3.63, 3.8) is 0 Å². The van der Waals surface area contributed by atoms with Crippen molar-refractivity contribution in [2.24, 2.45) is 0 Å². The lowest BCUT2D eigenvalue weighted by molar-refractivity contribution is 0.0914. The Hall–Kier alpha value is -2.24. The Morgan fingerprint density at radius 3 is 2.88 bits per heavy atom. The van der Waals surface area contributed by atoms with Gasteiger partial charge in [-0.15, -0.1) is 0 Å². The molecule has 0 spiro atoms. The molecule has 1 atom stereocenters. The Morgan fingerprint density at radius 1 is 1.40 bits per heavy atom. The van der Waals surface area contributed by atoms with Crippen LogP contribution < -0.4 is 15.8 Å². The van der Waals surface area contributed by atoms with Crippen LogP contribution >= 0.6 is 11.6 Å². The van der Waals surface area contributed by atoms with Crippen LogP contribution in [0.4, 0.5) is 5.69 Å². The number of hydrogen-bond acceptors (Lipinski definition) is 4. The Labute approximate surface area is 152 Å². The molecular weight excluding hydrogens is 338 g/mol. The van der Waals surface area contributed by atoms with Crippen molar-refractivity contribution < 1.29 is 9.53 Å². The van der Waals surface area contributed by atoms with Gasteiger partial charge in [0.15, 0.2) is 0 Å². The first-order valence-corrected chi connectivity index (χ1v) is 8.65. The molecule has 132 valence electrons. The second-order valence-electron chi connectivity index (χ2n) is 6.13. The molecule has 0 radical (unpaired) electrons. The van der Waals surface area contributed by atoms with E-state index in [1.54, 1.807) is 12.1 Å². The fraction of sp³-hybridized carbons (Fsp3) is 0.316. The first-order chi connectivity index (χ1) is 12.0. The van der Waals surface area contributed by atoms with Crippen molar-refractivity contribution in [2.45, 2.75) is 19.5 Å². The van der Waals surface area contributed by atoms with Gasteiger partial charge >= 0.3 is 0 Å². The first kappa shape index (κ1) is 17.6. The quantitative estimate of drug-likeness (QED) is 0.822. The number of fused-ring (bicyclic) bond motifs is 1. The van der Waals surface area contributed by atoms with Crippen molar-refractivity contribution in [2.75, 3.05) is 25.9 Å². The van der Waals surface area contributed by atoms with Crippen molar-refractivity contribution in [1.29, 1.82) is 0 Å². The van der Waals surface area contributed by atoms with Gasteiger partial charge in [-0.3, -0.25) is 9.69 Å². The number of nitrogens with two attached hydrogens (primary N) is 1. The van der Waals surface area contributed by atoms with Gasteiger partial charge in [-0.05, 0) is 23.7 Å². The lowest BCUT2D eigenvalue weighted by Crippen LogP contribution is -2.41. The van der Waals surface area contributed by atoms with Gasteiger partial charge in [0.2, 0.25) is 0 Å². The molecule has 1 unspecified atom stereocenters. The van der Waals surface area contributed by atoms with E-state index in [1.807, 2.05) is 12.1 Å². The fourth-order valence-electron chi connectivity index (χ4n) is 3.20. The zero-order valence-corrected chi connectivity index (χ0v) is 15.1. The van der Waals surface area contributed by atoms with E-state index in [-0.39, 0.29) is 11.9 Å². The van der Waals surface area contributed by atoms with Gasteiger partial charge in [0.25, 0.3) is 5.91 Å². The van der Waals surface area contributed by atoms with Crippen molar-refractivity contribution in [3.8, 4) is 5.75 Å². The summed E-state index contributed by atoms with van der Waals surface area (Å²) in [4.78, 5) is 15.2. The maximum absolute atomic E-state index is 12.9. The van der Waals surface area contributed by atoms with E-state index >= 15 is 0 Å². The molecule has 25 heavy (non-hydrogen) atoms. The van der Waals surface area contributed by atoms with E-state index in [0.717, 1.165) is 25.2 Å². The average Bonchev–Trinajstić information content (AvgIpc) is 2.63. The van der Waals surface area contributed by atoms with Gasteiger partial charge in [0.05, 0.1) is 29.4 Å². The molecule has 5 nitrogen and oxygen atoms in total. The number of nitrogens with one attached hydrogen (secondary N) is 1. The lowest BCUT2D eigenvalue weighted by Gasteiger charge is -2.34. The van der Waals surface area contributed by atoms with Crippen molar-refractivity contribution in [1.82, 2.24) is 10.2 Å². The van der Waals surface area contributed by atoms with Crippen molar-refractivity contribution in [3.05, 3.63) is 58.1 Å². The van der Waals surface area contributed by atoms with Gasteiger partial charge in [-0.2, -0.15) is 0 Å². The highest BCUT2D eigenvalue weighted by Crippen LogP contribution is 2.31. The third kappa shape index (κ3) is 3.57. The number of likely N-dealkylation sites (N-methyl/N-ethyl adjacent to an activating group) is 1. The number of methoxy groups -OCH3 is 1.